The van der Waals surface area contributed by atoms with E-state index >= 15 is 0 Å². The molecular weight excluding hydrogens is 458 g/mol. The molecule has 0 bridgehead atoms. The Morgan fingerprint density at radius 3 is 1.81 bits per heavy atom. The lowest BCUT2D eigenvalue weighted by Gasteiger charge is -2.12. The molecule has 37 heavy (non-hydrogen) atoms. The average Bonchev–Trinajstić information content (AvgIpc) is 2.94. The van der Waals surface area contributed by atoms with Crippen molar-refractivity contribution in [2.75, 3.05) is 0 Å². The van der Waals surface area contributed by atoms with Crippen molar-refractivity contribution in [3.8, 4) is 22.3 Å². The van der Waals surface area contributed by atoms with E-state index in [1.165, 1.54) is 23.3 Å². The Morgan fingerprint density at radius 2 is 1.16 bits per heavy atom. The van der Waals surface area contributed by atoms with Crippen LogP contribution in [-0.2, 0) is 6.42 Å². The van der Waals surface area contributed by atoms with Crippen LogP contribution in [0.4, 0.5) is 8.78 Å². The van der Waals surface area contributed by atoms with Crippen LogP contribution in [0.3, 0.4) is 0 Å². The summed E-state index contributed by atoms with van der Waals surface area (Å²) in [5.41, 5.74) is 7.94. The maximum atomic E-state index is 14.9. The molecule has 2 heteroatoms. The molecule has 182 valence electrons. The van der Waals surface area contributed by atoms with E-state index in [0.29, 0.717) is 11.5 Å². The van der Waals surface area contributed by atoms with Crippen molar-refractivity contribution < 1.29 is 8.78 Å². The highest BCUT2D eigenvalue weighted by Gasteiger charge is 2.08. The lowest BCUT2D eigenvalue weighted by molar-refractivity contribution is 0.625. The van der Waals surface area contributed by atoms with Crippen LogP contribution < -0.4 is 0 Å². The molecule has 0 amide bonds. The van der Waals surface area contributed by atoms with E-state index in [4.69, 9.17) is 0 Å². The normalized spacial score (nSPS) is 12.1. The highest BCUT2D eigenvalue weighted by atomic mass is 19.1. The van der Waals surface area contributed by atoms with E-state index in [0.717, 1.165) is 34.2 Å². The van der Waals surface area contributed by atoms with Crippen molar-refractivity contribution in [1.29, 1.82) is 0 Å². The summed E-state index contributed by atoms with van der Waals surface area (Å²) in [5, 5.41) is 0. The maximum Gasteiger partial charge on any atom is 0.131 e. The van der Waals surface area contributed by atoms with Crippen LogP contribution in [0.15, 0.2) is 121 Å². The second-order valence-corrected chi connectivity index (χ2v) is 9.41. The molecule has 5 aromatic rings. The zero-order chi connectivity index (χ0) is 25.6. The second-order valence-electron chi connectivity index (χ2n) is 9.41. The van der Waals surface area contributed by atoms with Crippen molar-refractivity contribution in [3.05, 3.63) is 155 Å². The van der Waals surface area contributed by atoms with Crippen molar-refractivity contribution in [2.45, 2.75) is 19.3 Å². The molecule has 5 aromatic carbocycles. The zero-order valence-electron chi connectivity index (χ0n) is 20.7. The Morgan fingerprint density at radius 1 is 0.595 bits per heavy atom. The number of hydrogen-bond acceptors (Lipinski definition) is 0. The number of halogens is 2. The van der Waals surface area contributed by atoms with Crippen molar-refractivity contribution in [2.24, 2.45) is 0 Å². The molecule has 0 radical (unpaired) electrons. The van der Waals surface area contributed by atoms with Crippen molar-refractivity contribution in [1.82, 2.24) is 0 Å². The fourth-order valence-corrected chi connectivity index (χ4v) is 4.54. The molecule has 0 aliphatic heterocycles. The number of benzene rings is 5. The first-order chi connectivity index (χ1) is 18.0. The zero-order valence-corrected chi connectivity index (χ0v) is 20.7. The van der Waals surface area contributed by atoms with Gasteiger partial charge in [-0.1, -0.05) is 122 Å². The first kappa shape index (κ1) is 24.4. The van der Waals surface area contributed by atoms with E-state index in [9.17, 15) is 8.78 Å². The highest BCUT2D eigenvalue weighted by molar-refractivity contribution is 5.74. The summed E-state index contributed by atoms with van der Waals surface area (Å²) in [6.07, 6.45) is 4.66. The summed E-state index contributed by atoms with van der Waals surface area (Å²) in [6, 6.07) is 38.7. The van der Waals surface area contributed by atoms with Crippen LogP contribution >= 0.6 is 0 Å². The monoisotopic (exact) mass is 486 g/mol. The third-order valence-electron chi connectivity index (χ3n) is 6.74. The van der Waals surface area contributed by atoms with Crippen LogP contribution in [0.5, 0.6) is 0 Å². The molecular formula is C35H28F2. The van der Waals surface area contributed by atoms with Gasteiger partial charge in [0.15, 0.2) is 0 Å². The minimum Gasteiger partial charge on any atom is -0.207 e. The molecule has 0 nitrogen and oxygen atoms in total. The number of hydrogen-bond donors (Lipinski definition) is 0. The van der Waals surface area contributed by atoms with Gasteiger partial charge in [0.25, 0.3) is 0 Å². The second kappa shape index (κ2) is 11.2. The Bertz CT molecular complexity index is 1480. The summed E-state index contributed by atoms with van der Waals surface area (Å²) in [6.45, 7) is 2.24. The smallest absolute Gasteiger partial charge is 0.131 e. The molecule has 5 rings (SSSR count). The SMILES string of the molecule is C[C@@H](Cc1ccc(-c2ccc(C=Cc3ccc(-c4ccc(F)cc4)cc3)c(F)c2)cc1)c1ccccc1. The van der Waals surface area contributed by atoms with Crippen LogP contribution in [0, 0.1) is 11.6 Å². The largest absolute Gasteiger partial charge is 0.207 e. The van der Waals surface area contributed by atoms with Crippen molar-refractivity contribution >= 4 is 12.2 Å². The van der Waals surface area contributed by atoms with Gasteiger partial charge in [-0.3, -0.25) is 0 Å². The van der Waals surface area contributed by atoms with Crippen LogP contribution in [0.25, 0.3) is 34.4 Å². The van der Waals surface area contributed by atoms with Gasteiger partial charge >= 0.3 is 0 Å². The molecule has 0 saturated heterocycles. The predicted octanol–water partition coefficient (Wildman–Crippen LogP) is 9.82. The summed E-state index contributed by atoms with van der Waals surface area (Å²) in [4.78, 5) is 0. The topological polar surface area (TPSA) is 0 Å². The lowest BCUT2D eigenvalue weighted by atomic mass is 9.93. The highest BCUT2D eigenvalue weighted by Crippen LogP contribution is 2.26. The van der Waals surface area contributed by atoms with Crippen molar-refractivity contribution in [3.63, 3.8) is 0 Å². The maximum absolute atomic E-state index is 14.9. The first-order valence-corrected chi connectivity index (χ1v) is 12.5. The van der Waals surface area contributed by atoms with Gasteiger partial charge in [0.05, 0.1) is 0 Å². The van der Waals surface area contributed by atoms with Crippen LogP contribution in [-0.4, -0.2) is 0 Å². The van der Waals surface area contributed by atoms with Gasteiger partial charge in [-0.2, -0.15) is 0 Å². The standard InChI is InChI=1S/C35H28F2/c1-25(28-5-3-2-4-6-28)23-27-10-14-31(15-11-27)33-18-17-32(35(37)24-33)16-9-26-7-12-29(13-8-26)30-19-21-34(36)22-20-30/h2-22,24-25H,23H2,1H3/t25-/m0/s1. The van der Waals surface area contributed by atoms with E-state index in [1.807, 2.05) is 48.5 Å². The molecule has 0 aliphatic rings. The molecule has 0 unspecified atom stereocenters. The molecule has 1 atom stereocenters. The quantitative estimate of drug-likeness (QED) is 0.201. The van der Waals surface area contributed by atoms with Gasteiger partial charge in [0.2, 0.25) is 0 Å². The molecule has 0 fully saturated rings. The van der Waals surface area contributed by atoms with E-state index in [1.54, 1.807) is 24.3 Å². The Hall–Kier alpha value is -4.30. The molecule has 0 N–H and O–H groups in total. The van der Waals surface area contributed by atoms with Gasteiger partial charge in [-0.25, -0.2) is 8.78 Å². The van der Waals surface area contributed by atoms with Gasteiger partial charge in [-0.05, 0) is 69.5 Å². The average molecular weight is 487 g/mol. The van der Waals surface area contributed by atoms with E-state index < -0.39 is 0 Å². The van der Waals surface area contributed by atoms with Crippen LogP contribution in [0.2, 0.25) is 0 Å². The summed E-state index contributed by atoms with van der Waals surface area (Å²) < 4.78 is 28.1. The minimum atomic E-state index is -0.251. The molecule has 0 spiro atoms. The first-order valence-electron chi connectivity index (χ1n) is 12.5. The molecule has 0 heterocycles. The molecule has 0 saturated carbocycles. The summed E-state index contributed by atoms with van der Waals surface area (Å²) in [7, 11) is 0. The third kappa shape index (κ3) is 6.10. The third-order valence-corrected chi connectivity index (χ3v) is 6.74. The fraction of sp³-hybridized carbons (Fsp3) is 0.0857. The predicted molar refractivity (Wildman–Crippen MR) is 151 cm³/mol. The minimum absolute atomic E-state index is 0.248. The summed E-state index contributed by atoms with van der Waals surface area (Å²) in [5.74, 6) is -0.0602. The van der Waals surface area contributed by atoms with Gasteiger partial charge in [0.1, 0.15) is 11.6 Å². The Balaban J connectivity index is 1.25. The summed E-state index contributed by atoms with van der Waals surface area (Å²) >= 11 is 0. The molecule has 0 aromatic heterocycles. The van der Waals surface area contributed by atoms with E-state index in [-0.39, 0.29) is 11.6 Å². The molecule has 0 aliphatic carbocycles. The fourth-order valence-electron chi connectivity index (χ4n) is 4.54. The Labute approximate surface area is 217 Å². The lowest BCUT2D eigenvalue weighted by Crippen LogP contribution is -1.98. The van der Waals surface area contributed by atoms with Gasteiger partial charge in [0, 0.05) is 5.56 Å². The van der Waals surface area contributed by atoms with Gasteiger partial charge in [-0.15, -0.1) is 0 Å². The van der Waals surface area contributed by atoms with Crippen LogP contribution in [0.1, 0.15) is 35.1 Å². The van der Waals surface area contributed by atoms with E-state index in [2.05, 4.69) is 55.5 Å². The number of rotatable bonds is 7. The van der Waals surface area contributed by atoms with Gasteiger partial charge < -0.3 is 0 Å². The Kier molecular flexibility index (Phi) is 7.37.